The molecule has 3 N–H and O–H groups in total. The van der Waals surface area contributed by atoms with Crippen molar-refractivity contribution in [2.24, 2.45) is 7.05 Å². The smallest absolute Gasteiger partial charge is 0.263 e. The molecule has 0 bridgehead atoms. The summed E-state index contributed by atoms with van der Waals surface area (Å²) in [6, 6.07) is 10.3. The van der Waals surface area contributed by atoms with Crippen molar-refractivity contribution in [2.75, 3.05) is 50.5 Å². The van der Waals surface area contributed by atoms with Crippen molar-refractivity contribution in [3.8, 4) is 11.1 Å². The van der Waals surface area contributed by atoms with E-state index < -0.39 is 11.5 Å². The molecular formula is C28H33ClN6O4. The molecule has 1 saturated heterocycles. The van der Waals surface area contributed by atoms with Crippen molar-refractivity contribution in [3.63, 3.8) is 0 Å². The lowest BCUT2D eigenvalue weighted by Crippen LogP contribution is -2.42. The first-order chi connectivity index (χ1) is 18.8. The number of amides is 2. The molecule has 0 unspecified atom stereocenters. The van der Waals surface area contributed by atoms with Crippen molar-refractivity contribution < 1.29 is 14.3 Å². The van der Waals surface area contributed by atoms with Gasteiger partial charge in [0.2, 0.25) is 0 Å². The van der Waals surface area contributed by atoms with E-state index in [1.165, 1.54) is 4.57 Å². The summed E-state index contributed by atoms with van der Waals surface area (Å²) >= 11 is 6.26. The van der Waals surface area contributed by atoms with Gasteiger partial charge >= 0.3 is 0 Å². The summed E-state index contributed by atoms with van der Waals surface area (Å²) in [7, 11) is 3.23. The zero-order valence-electron chi connectivity index (χ0n) is 22.3. The summed E-state index contributed by atoms with van der Waals surface area (Å²) in [5, 5.41) is 9.63. The molecule has 2 aromatic heterocycles. The predicted molar refractivity (Wildman–Crippen MR) is 153 cm³/mol. The zero-order chi connectivity index (χ0) is 27.9. The number of rotatable bonds is 11. The third-order valence-corrected chi connectivity index (χ3v) is 6.62. The minimum atomic E-state index is -0.575. The number of nitrogens with one attached hydrogen (secondary N) is 3. The Morgan fingerprint density at radius 3 is 2.56 bits per heavy atom. The molecule has 2 amide bonds. The fourth-order valence-electron chi connectivity index (χ4n) is 4.29. The van der Waals surface area contributed by atoms with Crippen LogP contribution in [0.3, 0.4) is 0 Å². The number of methoxy groups -OCH3 is 1. The predicted octanol–water partition coefficient (Wildman–Crippen LogP) is 3.37. The van der Waals surface area contributed by atoms with Crippen molar-refractivity contribution in [2.45, 2.75) is 19.9 Å². The molecule has 0 radical (unpaired) electrons. The van der Waals surface area contributed by atoms with Crippen LogP contribution in [-0.2, 0) is 18.3 Å². The highest BCUT2D eigenvalue weighted by atomic mass is 35.5. The second-order valence-corrected chi connectivity index (χ2v) is 9.73. The van der Waals surface area contributed by atoms with E-state index in [1.54, 1.807) is 55.6 Å². The minimum Gasteiger partial charge on any atom is -0.383 e. The van der Waals surface area contributed by atoms with Crippen molar-refractivity contribution in [1.82, 2.24) is 19.8 Å². The van der Waals surface area contributed by atoms with E-state index in [0.29, 0.717) is 66.9 Å². The van der Waals surface area contributed by atoms with Crippen LogP contribution in [-0.4, -0.2) is 66.2 Å². The lowest BCUT2D eigenvalue weighted by Gasteiger charge is -2.31. The molecule has 206 valence electrons. The Morgan fingerprint density at radius 1 is 1.10 bits per heavy atom. The molecule has 4 rings (SSSR count). The average Bonchev–Trinajstić information content (AvgIpc) is 2.87. The number of likely N-dealkylation sites (tertiary alicyclic amines) is 1. The number of hydrogen-bond donors (Lipinski definition) is 3. The molecule has 3 aromatic rings. The van der Waals surface area contributed by atoms with Gasteiger partial charge in [0.25, 0.3) is 17.4 Å². The fourth-order valence-corrected chi connectivity index (χ4v) is 4.46. The number of pyridine rings is 2. The molecule has 0 atom stereocenters. The number of benzene rings is 1. The van der Waals surface area contributed by atoms with Gasteiger partial charge in [0.1, 0.15) is 17.2 Å². The SMILES string of the molecule is CCNc1cc(-c2ccc(Cl)cc2C(=O)N2CCC2)cc(NC(=O)c2cc(CNCCOC)cn(C)c2=O)n1. The average molecular weight is 553 g/mol. The first-order valence-electron chi connectivity index (χ1n) is 12.9. The Hall–Kier alpha value is -3.73. The maximum atomic E-state index is 13.3. The van der Waals surface area contributed by atoms with E-state index in [-0.39, 0.29) is 17.3 Å². The van der Waals surface area contributed by atoms with Gasteiger partial charge in [-0.05, 0) is 60.4 Å². The summed E-state index contributed by atoms with van der Waals surface area (Å²) in [6.07, 6.45) is 2.67. The molecular weight excluding hydrogens is 520 g/mol. The molecule has 1 aliphatic heterocycles. The van der Waals surface area contributed by atoms with E-state index in [9.17, 15) is 14.4 Å². The number of carbonyl (C=O) groups excluding carboxylic acids is 2. The summed E-state index contributed by atoms with van der Waals surface area (Å²) in [5.41, 5.74) is 2.20. The lowest BCUT2D eigenvalue weighted by molar-refractivity contribution is 0.0652. The Morgan fingerprint density at radius 2 is 1.87 bits per heavy atom. The molecule has 0 saturated carbocycles. The highest BCUT2D eigenvalue weighted by Crippen LogP contribution is 2.31. The van der Waals surface area contributed by atoms with Crippen LogP contribution in [0.25, 0.3) is 11.1 Å². The van der Waals surface area contributed by atoms with Gasteiger partial charge in [0.05, 0.1) is 6.61 Å². The summed E-state index contributed by atoms with van der Waals surface area (Å²) in [5.74, 6) is 0.100. The number of halogens is 1. The number of hydrogen-bond acceptors (Lipinski definition) is 7. The zero-order valence-corrected chi connectivity index (χ0v) is 23.1. The fraction of sp³-hybridized carbons (Fsp3) is 0.357. The highest BCUT2D eigenvalue weighted by Gasteiger charge is 2.25. The first-order valence-corrected chi connectivity index (χ1v) is 13.2. The minimum absolute atomic E-state index is 0.000823. The van der Waals surface area contributed by atoms with Gasteiger partial charge < -0.3 is 30.2 Å². The van der Waals surface area contributed by atoms with Gasteiger partial charge in [-0.25, -0.2) is 4.98 Å². The highest BCUT2D eigenvalue weighted by molar-refractivity contribution is 6.31. The van der Waals surface area contributed by atoms with Crippen LogP contribution in [0.15, 0.2) is 47.4 Å². The molecule has 0 aliphatic carbocycles. The number of ether oxygens (including phenoxy) is 1. The lowest BCUT2D eigenvalue weighted by atomic mass is 9.98. The van der Waals surface area contributed by atoms with E-state index in [4.69, 9.17) is 16.3 Å². The molecule has 1 fully saturated rings. The Bertz CT molecular complexity index is 1420. The van der Waals surface area contributed by atoms with Gasteiger partial charge in [-0.15, -0.1) is 0 Å². The summed E-state index contributed by atoms with van der Waals surface area (Å²) < 4.78 is 6.43. The maximum absolute atomic E-state index is 13.3. The van der Waals surface area contributed by atoms with Gasteiger partial charge in [0, 0.05) is 63.7 Å². The number of anilines is 2. The number of aromatic nitrogens is 2. The quantitative estimate of drug-likeness (QED) is 0.312. The second kappa shape index (κ2) is 12.9. The van der Waals surface area contributed by atoms with Crippen molar-refractivity contribution in [3.05, 3.63) is 74.7 Å². The van der Waals surface area contributed by atoms with E-state index >= 15 is 0 Å². The second-order valence-electron chi connectivity index (χ2n) is 9.29. The van der Waals surface area contributed by atoms with Crippen LogP contribution in [0.4, 0.5) is 11.6 Å². The van der Waals surface area contributed by atoms with Gasteiger partial charge in [-0.2, -0.15) is 0 Å². The topological polar surface area (TPSA) is 118 Å². The van der Waals surface area contributed by atoms with E-state index in [0.717, 1.165) is 12.0 Å². The molecule has 3 heterocycles. The largest absolute Gasteiger partial charge is 0.383 e. The number of nitrogens with zero attached hydrogens (tertiary/aromatic N) is 3. The van der Waals surface area contributed by atoms with Gasteiger partial charge in [0.15, 0.2) is 0 Å². The Kier molecular flexibility index (Phi) is 9.34. The summed E-state index contributed by atoms with van der Waals surface area (Å²) in [4.78, 5) is 45.5. The standard InChI is InChI=1S/C28H33ClN6O4/c1-4-31-24-13-19(21-7-6-20(29)15-22(21)28(38)35-9-5-10-35)14-25(32-24)33-26(36)23-12-18(16-30-8-11-39-3)17-34(2)27(23)37/h6-7,12-15,17,30H,4-5,8-11,16H2,1-3H3,(H2,31,32,33,36). The van der Waals surface area contributed by atoms with Crippen LogP contribution < -0.4 is 21.5 Å². The first kappa shape index (κ1) is 28.3. The van der Waals surface area contributed by atoms with Gasteiger partial charge in [-0.3, -0.25) is 14.4 Å². The molecule has 39 heavy (non-hydrogen) atoms. The summed E-state index contributed by atoms with van der Waals surface area (Å²) in [6.45, 7) is 5.61. The third kappa shape index (κ3) is 6.83. The van der Waals surface area contributed by atoms with Crippen LogP contribution in [0.5, 0.6) is 0 Å². The van der Waals surface area contributed by atoms with Crippen molar-refractivity contribution in [1.29, 1.82) is 0 Å². The molecule has 1 aromatic carbocycles. The van der Waals surface area contributed by atoms with E-state index in [2.05, 4.69) is 20.9 Å². The maximum Gasteiger partial charge on any atom is 0.263 e. The monoisotopic (exact) mass is 552 g/mol. The molecule has 1 aliphatic rings. The third-order valence-electron chi connectivity index (χ3n) is 6.39. The molecule has 10 nitrogen and oxygen atoms in total. The number of aryl methyl sites for hydroxylation is 1. The molecule has 11 heteroatoms. The Labute approximate surface area is 232 Å². The van der Waals surface area contributed by atoms with Crippen LogP contribution in [0.2, 0.25) is 5.02 Å². The Balaban J connectivity index is 1.66. The van der Waals surface area contributed by atoms with Gasteiger partial charge in [-0.1, -0.05) is 17.7 Å². The van der Waals surface area contributed by atoms with Crippen LogP contribution in [0.1, 0.15) is 39.6 Å². The van der Waals surface area contributed by atoms with E-state index in [1.807, 2.05) is 13.0 Å². The number of carbonyl (C=O) groups is 2. The molecule has 0 spiro atoms. The normalized spacial score (nSPS) is 12.7. The van der Waals surface area contributed by atoms with Crippen LogP contribution >= 0.6 is 11.6 Å². The van der Waals surface area contributed by atoms with Crippen molar-refractivity contribution >= 4 is 35.1 Å². The van der Waals surface area contributed by atoms with Crippen LogP contribution in [0, 0.1) is 0 Å².